The predicted octanol–water partition coefficient (Wildman–Crippen LogP) is 1.55. The quantitative estimate of drug-likeness (QED) is 0.762. The number of amides is 1. The highest BCUT2D eigenvalue weighted by Gasteiger charge is 2.18. The molecule has 5 nitrogen and oxygen atoms in total. The maximum absolute atomic E-state index is 10.7. The monoisotopic (exact) mass is 236 g/mol. The molecule has 0 unspecified atom stereocenters. The van der Waals surface area contributed by atoms with Gasteiger partial charge >= 0.3 is 0 Å². The minimum Gasteiger partial charge on any atom is -0.355 e. The Morgan fingerprint density at radius 2 is 2.24 bits per heavy atom. The van der Waals surface area contributed by atoms with Crippen LogP contribution in [0.1, 0.15) is 38.6 Å². The molecule has 0 aliphatic heterocycles. The molecule has 1 saturated carbocycles. The number of imidazole rings is 1. The molecule has 1 aliphatic carbocycles. The lowest BCUT2D eigenvalue weighted by molar-refractivity contribution is -0.118. The molecule has 1 aromatic rings. The van der Waals surface area contributed by atoms with Crippen LogP contribution in [-0.2, 0) is 4.79 Å². The number of hydrogen-bond acceptors (Lipinski definition) is 3. The van der Waals surface area contributed by atoms with Crippen LogP contribution in [0.4, 0.5) is 5.95 Å². The molecule has 17 heavy (non-hydrogen) atoms. The molecule has 1 heterocycles. The van der Waals surface area contributed by atoms with Crippen LogP contribution in [0, 0.1) is 0 Å². The summed E-state index contributed by atoms with van der Waals surface area (Å²) in [5, 5.41) is 6.02. The topological polar surface area (TPSA) is 59.0 Å². The van der Waals surface area contributed by atoms with Gasteiger partial charge < -0.3 is 15.2 Å². The second-order valence-corrected chi connectivity index (χ2v) is 4.51. The molecule has 2 rings (SSSR count). The summed E-state index contributed by atoms with van der Waals surface area (Å²) in [6, 6.07) is 0.598. The lowest BCUT2D eigenvalue weighted by atomic mass is 10.2. The van der Waals surface area contributed by atoms with Crippen molar-refractivity contribution >= 4 is 11.9 Å². The molecular formula is C12H20N4O. The van der Waals surface area contributed by atoms with E-state index < -0.39 is 0 Å². The summed E-state index contributed by atoms with van der Waals surface area (Å²) in [6.45, 7) is 2.87. The molecule has 1 fully saturated rings. The van der Waals surface area contributed by atoms with Gasteiger partial charge in [0.2, 0.25) is 11.9 Å². The summed E-state index contributed by atoms with van der Waals surface area (Å²) in [5.74, 6) is 0.924. The van der Waals surface area contributed by atoms with Crippen LogP contribution in [-0.4, -0.2) is 28.5 Å². The van der Waals surface area contributed by atoms with E-state index in [4.69, 9.17) is 0 Å². The van der Waals surface area contributed by atoms with E-state index in [0.29, 0.717) is 19.1 Å². The lowest BCUT2D eigenvalue weighted by Gasteiger charge is -2.15. The largest absolute Gasteiger partial charge is 0.355 e. The van der Waals surface area contributed by atoms with Gasteiger partial charge in [0.15, 0.2) is 0 Å². The van der Waals surface area contributed by atoms with Crippen molar-refractivity contribution in [2.24, 2.45) is 0 Å². The molecule has 0 spiro atoms. The zero-order valence-electron chi connectivity index (χ0n) is 10.3. The zero-order chi connectivity index (χ0) is 12.1. The molecule has 5 heteroatoms. The summed E-state index contributed by atoms with van der Waals surface area (Å²) in [5.41, 5.74) is 0. The lowest BCUT2D eigenvalue weighted by Crippen LogP contribution is -2.27. The Morgan fingerprint density at radius 3 is 2.94 bits per heavy atom. The van der Waals surface area contributed by atoms with Crippen molar-refractivity contribution in [3.8, 4) is 0 Å². The Morgan fingerprint density at radius 1 is 1.47 bits per heavy atom. The normalized spacial score (nSPS) is 16.1. The third-order valence-corrected chi connectivity index (χ3v) is 3.17. The number of hydrogen-bond donors (Lipinski definition) is 2. The molecule has 1 aromatic heterocycles. The second-order valence-electron chi connectivity index (χ2n) is 4.51. The molecule has 1 aliphatic rings. The summed E-state index contributed by atoms with van der Waals surface area (Å²) in [6.07, 6.45) is 8.99. The fourth-order valence-electron chi connectivity index (χ4n) is 2.34. The number of anilines is 1. The van der Waals surface area contributed by atoms with Crippen LogP contribution >= 0.6 is 0 Å². The Bertz CT molecular complexity index is 368. The van der Waals surface area contributed by atoms with E-state index in [9.17, 15) is 4.79 Å². The molecule has 2 N–H and O–H groups in total. The maximum Gasteiger partial charge on any atom is 0.216 e. The molecule has 1 amide bonds. The van der Waals surface area contributed by atoms with Crippen LogP contribution in [0.5, 0.6) is 0 Å². The summed E-state index contributed by atoms with van der Waals surface area (Å²) in [7, 11) is 0. The summed E-state index contributed by atoms with van der Waals surface area (Å²) in [4.78, 5) is 15.0. The zero-order valence-corrected chi connectivity index (χ0v) is 10.3. The van der Waals surface area contributed by atoms with Crippen molar-refractivity contribution in [2.45, 2.75) is 38.6 Å². The first-order valence-electron chi connectivity index (χ1n) is 6.28. The van der Waals surface area contributed by atoms with Gasteiger partial charge in [0.1, 0.15) is 0 Å². The van der Waals surface area contributed by atoms with Gasteiger partial charge in [-0.25, -0.2) is 4.98 Å². The first-order valence-corrected chi connectivity index (χ1v) is 6.28. The van der Waals surface area contributed by atoms with Gasteiger partial charge in [0, 0.05) is 38.4 Å². The minimum atomic E-state index is 0.00550. The van der Waals surface area contributed by atoms with Crippen molar-refractivity contribution in [3.63, 3.8) is 0 Å². The molecule has 0 bridgehead atoms. The second kappa shape index (κ2) is 5.70. The van der Waals surface area contributed by atoms with E-state index >= 15 is 0 Å². The Hall–Kier alpha value is -1.52. The molecule has 0 atom stereocenters. The van der Waals surface area contributed by atoms with E-state index in [1.165, 1.54) is 32.6 Å². The Labute approximate surface area is 102 Å². The third-order valence-electron chi connectivity index (χ3n) is 3.17. The van der Waals surface area contributed by atoms with Gasteiger partial charge in [-0.15, -0.1) is 0 Å². The van der Waals surface area contributed by atoms with E-state index in [-0.39, 0.29) is 5.91 Å². The third kappa shape index (κ3) is 3.22. The summed E-state index contributed by atoms with van der Waals surface area (Å²) < 4.78 is 2.22. The van der Waals surface area contributed by atoms with E-state index in [2.05, 4.69) is 20.2 Å². The summed E-state index contributed by atoms with van der Waals surface area (Å²) >= 11 is 0. The molecule has 94 valence electrons. The minimum absolute atomic E-state index is 0.00550. The van der Waals surface area contributed by atoms with Crippen LogP contribution in [0.15, 0.2) is 12.4 Å². The SMILES string of the molecule is CC(=O)NCCNc1nccn1C1CCCC1. The van der Waals surface area contributed by atoms with Crippen molar-refractivity contribution in [3.05, 3.63) is 12.4 Å². The smallest absolute Gasteiger partial charge is 0.216 e. The van der Waals surface area contributed by atoms with Crippen LogP contribution in [0.3, 0.4) is 0 Å². The Balaban J connectivity index is 1.83. The van der Waals surface area contributed by atoms with Gasteiger partial charge in [-0.3, -0.25) is 4.79 Å². The van der Waals surface area contributed by atoms with Crippen molar-refractivity contribution in [2.75, 3.05) is 18.4 Å². The van der Waals surface area contributed by atoms with Gasteiger partial charge in [-0.2, -0.15) is 0 Å². The average molecular weight is 236 g/mol. The highest BCUT2D eigenvalue weighted by Crippen LogP contribution is 2.31. The first kappa shape index (κ1) is 12.0. The number of carbonyl (C=O) groups excluding carboxylic acids is 1. The molecule has 0 aromatic carbocycles. The molecule has 0 radical (unpaired) electrons. The number of carbonyl (C=O) groups is 1. The Kier molecular flexibility index (Phi) is 4.01. The van der Waals surface area contributed by atoms with Crippen LogP contribution < -0.4 is 10.6 Å². The van der Waals surface area contributed by atoms with Gasteiger partial charge in [0.05, 0.1) is 0 Å². The standard InChI is InChI=1S/C12H20N4O/c1-10(17)13-6-7-14-12-15-8-9-16(12)11-4-2-3-5-11/h8-9,11H,2-7H2,1H3,(H,13,17)(H,14,15). The highest BCUT2D eigenvalue weighted by molar-refractivity contribution is 5.72. The van der Waals surface area contributed by atoms with Crippen molar-refractivity contribution in [1.29, 1.82) is 0 Å². The van der Waals surface area contributed by atoms with Crippen LogP contribution in [0.25, 0.3) is 0 Å². The van der Waals surface area contributed by atoms with Crippen molar-refractivity contribution in [1.82, 2.24) is 14.9 Å². The van der Waals surface area contributed by atoms with E-state index in [0.717, 1.165) is 5.95 Å². The number of nitrogens with one attached hydrogen (secondary N) is 2. The maximum atomic E-state index is 10.7. The predicted molar refractivity (Wildman–Crippen MR) is 66.9 cm³/mol. The van der Waals surface area contributed by atoms with Gasteiger partial charge in [-0.1, -0.05) is 12.8 Å². The van der Waals surface area contributed by atoms with Gasteiger partial charge in [-0.05, 0) is 12.8 Å². The molecular weight excluding hydrogens is 216 g/mol. The highest BCUT2D eigenvalue weighted by atomic mass is 16.1. The van der Waals surface area contributed by atoms with Crippen molar-refractivity contribution < 1.29 is 4.79 Å². The molecule has 0 saturated heterocycles. The van der Waals surface area contributed by atoms with E-state index in [1.807, 2.05) is 12.4 Å². The van der Waals surface area contributed by atoms with Crippen LogP contribution in [0.2, 0.25) is 0 Å². The van der Waals surface area contributed by atoms with Gasteiger partial charge in [0.25, 0.3) is 0 Å². The number of nitrogens with zero attached hydrogens (tertiary/aromatic N) is 2. The number of aromatic nitrogens is 2. The number of rotatable bonds is 5. The fraction of sp³-hybridized carbons (Fsp3) is 0.667. The first-order chi connectivity index (χ1) is 8.27. The fourth-order valence-corrected chi connectivity index (χ4v) is 2.34. The van der Waals surface area contributed by atoms with E-state index in [1.54, 1.807) is 0 Å². The average Bonchev–Trinajstić information content (AvgIpc) is 2.94.